The second-order valence-electron chi connectivity index (χ2n) is 29.1. The summed E-state index contributed by atoms with van der Waals surface area (Å²) in [5, 5.41) is 8.24. The van der Waals surface area contributed by atoms with Crippen LogP contribution in [-0.2, 0) is 0 Å². The molecule has 0 saturated carbocycles. The van der Waals surface area contributed by atoms with Gasteiger partial charge in [-0.1, -0.05) is 148 Å². The van der Waals surface area contributed by atoms with E-state index < -0.39 is 50.7 Å². The number of rotatable bonds is 22. The molecule has 117 heavy (non-hydrogen) atoms. The van der Waals surface area contributed by atoms with Gasteiger partial charge in [0.25, 0.3) is 0 Å². The van der Waals surface area contributed by atoms with Crippen LogP contribution in [0.1, 0.15) is 154 Å². The third-order valence-corrected chi connectivity index (χ3v) is 39.6. The van der Waals surface area contributed by atoms with Crippen LogP contribution < -0.4 is 23.6 Å². The van der Waals surface area contributed by atoms with Gasteiger partial charge in [0, 0.05) is 73.5 Å². The van der Waals surface area contributed by atoms with Gasteiger partial charge in [0.15, 0.2) is 0 Å². The molecule has 0 spiro atoms. The fourth-order valence-corrected chi connectivity index (χ4v) is 30.0. The number of hydrogen-bond acceptors (Lipinski definition) is 11. The molecule has 0 aliphatic rings. The molecule has 0 aliphatic carbocycles. The molecule has 621 valence electrons. The Hall–Kier alpha value is -8.76. The average molecular weight is 1900 g/mol. The molecule has 5 aromatic heterocycles. The molecule has 5 heterocycles. The van der Waals surface area contributed by atoms with Gasteiger partial charge in [0.2, 0.25) is 0 Å². The zero-order chi connectivity index (χ0) is 87.8. The summed E-state index contributed by atoms with van der Waals surface area (Å²) in [6.07, 6.45) is 19.6. The van der Waals surface area contributed by atoms with Crippen molar-refractivity contribution in [1.29, 1.82) is 0 Å². The predicted molar refractivity (Wildman–Crippen MR) is 483 cm³/mol. The second kappa shape index (κ2) is 52.2. The first-order chi connectivity index (χ1) is 55.2. The number of halogens is 11. The Kier molecular flexibility index (Phi) is 45.7. The van der Waals surface area contributed by atoms with Gasteiger partial charge in [-0.15, -0.1) is 35.4 Å². The molecule has 0 fully saturated rings. The Morgan fingerprint density at radius 2 is 0.615 bits per heavy atom. The summed E-state index contributed by atoms with van der Waals surface area (Å²) < 4.78 is 120. The molecule has 26 heteroatoms. The van der Waals surface area contributed by atoms with E-state index in [1.807, 2.05) is 60.9 Å². The maximum Gasteiger partial charge on any atom is 0.569 e. The van der Waals surface area contributed by atoms with Crippen LogP contribution in [0.25, 0.3) is 33.8 Å². The lowest BCUT2D eigenvalue weighted by Gasteiger charge is -2.38. The average Bonchev–Trinajstić information content (AvgIpc) is 0.810. The van der Waals surface area contributed by atoms with Gasteiger partial charge in [0.05, 0.1) is 17.1 Å². The van der Waals surface area contributed by atoms with Gasteiger partial charge in [-0.25, -0.2) is 9.97 Å². The normalized spacial score (nSPS) is 11.0. The van der Waals surface area contributed by atoms with Crippen molar-refractivity contribution in [2.75, 3.05) is 0 Å². The fraction of sp³-hybridized carbons (Fsp3) is 0.352. The van der Waals surface area contributed by atoms with Crippen molar-refractivity contribution >= 4 is 86.4 Å². The van der Waals surface area contributed by atoms with Crippen LogP contribution in [0.15, 0.2) is 198 Å². The van der Waals surface area contributed by atoms with Crippen LogP contribution in [0.4, 0.5) is 35.1 Å². The number of benzene rings is 4. The molecule has 4 aromatic carbocycles. The van der Waals surface area contributed by atoms with Crippen molar-refractivity contribution < 1.29 is 63.7 Å². The van der Waals surface area contributed by atoms with Crippen molar-refractivity contribution in [3.63, 3.8) is 0 Å². The number of aromatic nitrogens is 5. The van der Waals surface area contributed by atoms with Gasteiger partial charge >= 0.3 is 34.1 Å². The van der Waals surface area contributed by atoms with E-state index in [0.29, 0.717) is 68.9 Å². The smallest absolute Gasteiger partial charge is 0.537 e. The van der Waals surface area contributed by atoms with Crippen molar-refractivity contribution in [2.45, 2.75) is 208 Å². The van der Waals surface area contributed by atoms with Gasteiger partial charge in [-0.3, -0.25) is 15.0 Å². The summed E-state index contributed by atoms with van der Waals surface area (Å²) in [5.74, 6) is 15.7. The van der Waals surface area contributed by atoms with Gasteiger partial charge in [-0.05, 0) is 269 Å². The monoisotopic (exact) mass is 1890 g/mol. The van der Waals surface area contributed by atoms with Crippen LogP contribution in [-0.4, -0.2) is 88.3 Å². The highest BCUT2D eigenvalue weighted by atomic mass is 127. The predicted octanol–water partition coefficient (Wildman–Crippen LogP) is 26.9. The highest BCUT2D eigenvalue weighted by Gasteiger charge is 2.43. The number of nitrogens with zero attached hydrogens (tertiary/aromatic N) is 5. The Balaban J connectivity index is 0.000000363. The summed E-state index contributed by atoms with van der Waals surface area (Å²) in [6.45, 7) is 32.0. The van der Waals surface area contributed by atoms with Gasteiger partial charge < -0.3 is 28.6 Å². The van der Waals surface area contributed by atoms with Crippen LogP contribution in [0.2, 0.25) is 49.9 Å². The van der Waals surface area contributed by atoms with Crippen molar-refractivity contribution in [3.8, 4) is 122 Å². The van der Waals surface area contributed by atoms with E-state index >= 15 is 0 Å². The van der Waals surface area contributed by atoms with Crippen molar-refractivity contribution in [1.82, 2.24) is 24.9 Å². The van der Waals surface area contributed by atoms with E-state index in [0.717, 1.165) is 63.2 Å². The summed E-state index contributed by atoms with van der Waals surface area (Å²) in [6, 6.07) is 43.5. The second-order valence-corrected chi connectivity index (χ2v) is 48.8. The molecule has 0 saturated heterocycles. The van der Waals surface area contributed by atoms with Crippen LogP contribution >= 0.6 is 54.5 Å². The number of ether oxygens (including phenoxy) is 4. The largest absolute Gasteiger partial charge is 0.569 e. The Morgan fingerprint density at radius 3 is 0.829 bits per heavy atom. The fourth-order valence-electron chi connectivity index (χ4n) is 13.8. The van der Waals surface area contributed by atoms with E-state index in [9.17, 15) is 35.1 Å². The molecule has 1 N–H and O–H groups in total. The standard InChI is InChI=1S/C23H29F2NOSi.C16H24BrNSi.C15H11F2NO.C14H9F2NO.C11H22Si.C7H6BF2O3.C5H3BrIN/c1-16(2)28(17(3)4,18(5)6)14-13-19-7-12-22(26-15-19)20-8-10-21(11-9-20)27-23(24)25;1-12(2)19(13(3)4,14(5)6)10-9-15-7-8-16(17)18-11-15;1-2-3-11-4-9-14(18-10-11)12-5-7-13(8-6-12)19-15(16)17;1-2-10-3-8-13(17-9-10)11-4-6-12(7-5-11)18-14(15)16;1-8-12(9(2)3,10(4)5)11(6)7;9-7(10)12-5-1-3-6(4-2-5)13-8-11;6-5-2-1-4(7)3-8-5/h7-12,15-18,23H,1-6H3;7-8,11-14H,1-6H3;4-10,15H,1H3;1,3-9,14H;1,9-11H,2-7H3;1-4,7,11H;1-3H. The van der Waals surface area contributed by atoms with Crippen molar-refractivity contribution in [2.24, 2.45) is 0 Å². The minimum absolute atomic E-state index is 0.0419. The summed E-state index contributed by atoms with van der Waals surface area (Å²) in [5.41, 5.74) is 24.6. The van der Waals surface area contributed by atoms with Crippen LogP contribution in [0, 0.1) is 62.7 Å². The number of hydrogen-bond donors (Lipinski definition) is 1. The molecular weight excluding hydrogens is 1790 g/mol. The quantitative estimate of drug-likeness (QED) is 0.0229. The maximum absolute atomic E-state index is 12.2. The van der Waals surface area contributed by atoms with Gasteiger partial charge in [-0.2, -0.15) is 35.1 Å². The Bertz CT molecular complexity index is 4570. The summed E-state index contributed by atoms with van der Waals surface area (Å²) in [7, 11) is -4.37. The third kappa shape index (κ3) is 34.2. The van der Waals surface area contributed by atoms with Gasteiger partial charge in [0.1, 0.15) is 62.2 Å². The highest BCUT2D eigenvalue weighted by molar-refractivity contribution is 14.1. The lowest BCUT2D eigenvalue weighted by atomic mass is 10.1. The molecular formula is C91H104BBr2F8IN5O6Si3. The highest BCUT2D eigenvalue weighted by Crippen LogP contribution is 2.43. The molecule has 1 radical (unpaired) electrons. The Morgan fingerprint density at radius 1 is 0.350 bits per heavy atom. The number of alkyl halides is 8. The van der Waals surface area contributed by atoms with E-state index in [1.54, 1.807) is 74.0 Å². The van der Waals surface area contributed by atoms with E-state index in [-0.39, 0.29) is 23.0 Å². The number of terminal acetylenes is 2. The first kappa shape index (κ1) is 102. The molecule has 0 amide bonds. The van der Waals surface area contributed by atoms with Crippen LogP contribution in [0.5, 0.6) is 28.7 Å². The van der Waals surface area contributed by atoms with E-state index in [4.69, 9.17) is 17.9 Å². The zero-order valence-corrected chi connectivity index (χ0v) is 77.8. The Labute approximate surface area is 722 Å². The van der Waals surface area contributed by atoms with Crippen LogP contribution in [0.3, 0.4) is 0 Å². The summed E-state index contributed by atoms with van der Waals surface area (Å²) >= 11 is 8.80. The zero-order valence-electron chi connectivity index (χ0n) is 69.5. The molecule has 0 unspecified atom stereocenters. The molecule has 0 aliphatic heterocycles. The number of pyridine rings is 5. The molecule has 11 nitrogen and oxygen atoms in total. The molecule has 9 aromatic rings. The van der Waals surface area contributed by atoms with E-state index in [2.05, 4.69) is 274 Å². The minimum Gasteiger partial charge on any atom is -0.537 e. The lowest BCUT2D eigenvalue weighted by Crippen LogP contribution is -2.43. The maximum atomic E-state index is 12.2. The van der Waals surface area contributed by atoms with E-state index in [1.165, 1.54) is 60.7 Å². The minimum atomic E-state index is -2.84. The SMILES string of the molecule is Brc1ccc(I)cn1.C#C[Si](C(C)C)(C(C)C)C(C)C.C#Cc1ccc(-c2ccc(OC(F)F)cc2)nc1.CC#Cc1ccc(-c2ccc(OC(F)F)cc2)nc1.CC(C)[Si](C#Cc1ccc(-c2ccc(OC(F)F)cc2)nc1)(C(C)C)C(C)C.CC(C)[Si](C#Cc1ccc(Br)nc1)(C(C)C)C(C)C.O[B]Oc1ccc(OC(F)F)cc1. The van der Waals surface area contributed by atoms with Crippen molar-refractivity contribution in [3.05, 3.63) is 224 Å². The molecule has 9 rings (SSSR count). The first-order valence-corrected chi connectivity index (χ1v) is 47.1. The molecule has 0 atom stereocenters. The molecule has 0 bridgehead atoms. The topological polar surface area (TPSA) is 131 Å². The summed E-state index contributed by atoms with van der Waals surface area (Å²) in [4.78, 5) is 21.2. The lowest BCUT2D eigenvalue weighted by molar-refractivity contribution is -0.0505. The third-order valence-electron chi connectivity index (χ3n) is 19.2. The first-order valence-electron chi connectivity index (χ1n) is 37.8.